The van der Waals surface area contributed by atoms with Crippen LogP contribution in [0.2, 0.25) is 0 Å². The fourth-order valence-electron chi connectivity index (χ4n) is 0.938. The van der Waals surface area contributed by atoms with Crippen LogP contribution < -0.4 is 11.1 Å². The van der Waals surface area contributed by atoms with E-state index in [4.69, 9.17) is 10.5 Å². The van der Waals surface area contributed by atoms with Crippen LogP contribution in [0.25, 0.3) is 0 Å². The minimum absolute atomic E-state index is 0.0519. The molecule has 1 fully saturated rings. The van der Waals surface area contributed by atoms with Gasteiger partial charge in [0.2, 0.25) is 0 Å². The van der Waals surface area contributed by atoms with Crippen molar-refractivity contribution in [1.29, 1.82) is 0 Å². The number of ether oxygens (including phenoxy) is 1. The van der Waals surface area contributed by atoms with Crippen molar-refractivity contribution in [2.24, 2.45) is 5.73 Å². The molecule has 1 saturated heterocycles. The number of rotatable bonds is 3. The van der Waals surface area contributed by atoms with Crippen LogP contribution in [-0.4, -0.2) is 25.3 Å². The van der Waals surface area contributed by atoms with E-state index in [2.05, 4.69) is 5.32 Å². The van der Waals surface area contributed by atoms with Gasteiger partial charge in [-0.2, -0.15) is 0 Å². The van der Waals surface area contributed by atoms with Crippen LogP contribution in [0, 0.1) is 0 Å². The van der Waals surface area contributed by atoms with Gasteiger partial charge in [-0.25, -0.2) is 4.79 Å². The van der Waals surface area contributed by atoms with Gasteiger partial charge in [0.05, 0.1) is 6.54 Å². The summed E-state index contributed by atoms with van der Waals surface area (Å²) in [4.78, 5) is 10.5. The maximum Gasteiger partial charge on any atom is 0.407 e. The predicted octanol–water partition coefficient (Wildman–Crippen LogP) is -0.166. The van der Waals surface area contributed by atoms with Gasteiger partial charge in [-0.05, 0) is 19.4 Å². The molecule has 0 radical (unpaired) electrons. The fraction of sp³-hybridized carbons (Fsp3) is 0.833. The Bertz CT molecular complexity index is 127. The number of carbonyl (C=O) groups is 1. The number of hydrogen-bond acceptors (Lipinski definition) is 3. The molecule has 0 bridgehead atoms. The fourth-order valence-corrected chi connectivity index (χ4v) is 0.938. The lowest BCUT2D eigenvalue weighted by Gasteiger charge is -2.04. The molecular weight excluding hydrogens is 132 g/mol. The summed E-state index contributed by atoms with van der Waals surface area (Å²) in [5.74, 6) is 0. The van der Waals surface area contributed by atoms with E-state index in [1.54, 1.807) is 0 Å². The highest BCUT2D eigenvalue weighted by Gasteiger charge is 2.20. The Morgan fingerprint density at radius 3 is 3.10 bits per heavy atom. The molecule has 0 aliphatic carbocycles. The smallest absolute Gasteiger partial charge is 0.407 e. The number of nitrogens with one attached hydrogen (secondary N) is 1. The lowest BCUT2D eigenvalue weighted by molar-refractivity contribution is 0.135. The molecule has 4 heteroatoms. The van der Waals surface area contributed by atoms with Crippen molar-refractivity contribution >= 4 is 6.09 Å². The van der Waals surface area contributed by atoms with Crippen LogP contribution >= 0.6 is 0 Å². The van der Waals surface area contributed by atoms with Gasteiger partial charge in [-0.3, -0.25) is 0 Å². The molecule has 1 amide bonds. The molecule has 1 rings (SSSR count). The van der Waals surface area contributed by atoms with E-state index in [1.165, 1.54) is 0 Å². The summed E-state index contributed by atoms with van der Waals surface area (Å²) < 4.78 is 4.86. The molecule has 58 valence electrons. The van der Waals surface area contributed by atoms with Crippen molar-refractivity contribution in [1.82, 2.24) is 5.32 Å². The monoisotopic (exact) mass is 144 g/mol. The standard InChI is InChI=1S/C6H12N2O2/c7-3-1-2-5-4-8-6(9)10-5/h5H,1-4,7H2,(H,8,9)/t5-/m1/s1. The van der Waals surface area contributed by atoms with Gasteiger partial charge in [-0.1, -0.05) is 0 Å². The van der Waals surface area contributed by atoms with E-state index >= 15 is 0 Å². The number of hydrogen-bond donors (Lipinski definition) is 2. The first kappa shape index (κ1) is 7.34. The second kappa shape index (κ2) is 3.41. The largest absolute Gasteiger partial charge is 0.444 e. The van der Waals surface area contributed by atoms with Crippen molar-refractivity contribution in [2.45, 2.75) is 18.9 Å². The first-order chi connectivity index (χ1) is 4.83. The third kappa shape index (κ3) is 1.88. The topological polar surface area (TPSA) is 64.3 Å². The summed E-state index contributed by atoms with van der Waals surface area (Å²) in [5, 5.41) is 2.58. The first-order valence-electron chi connectivity index (χ1n) is 3.47. The minimum atomic E-state index is -0.304. The van der Waals surface area contributed by atoms with E-state index in [-0.39, 0.29) is 12.2 Å². The van der Waals surface area contributed by atoms with Crippen molar-refractivity contribution in [2.75, 3.05) is 13.1 Å². The van der Waals surface area contributed by atoms with E-state index in [9.17, 15) is 4.79 Å². The molecule has 0 unspecified atom stereocenters. The van der Waals surface area contributed by atoms with Crippen molar-refractivity contribution in [3.63, 3.8) is 0 Å². The summed E-state index contributed by atoms with van der Waals surface area (Å²) in [6.07, 6.45) is 1.53. The van der Waals surface area contributed by atoms with Gasteiger partial charge >= 0.3 is 6.09 Å². The van der Waals surface area contributed by atoms with Crippen molar-refractivity contribution in [3.05, 3.63) is 0 Å². The Labute approximate surface area is 59.7 Å². The summed E-state index contributed by atoms with van der Waals surface area (Å²) in [5.41, 5.74) is 5.28. The highest BCUT2D eigenvalue weighted by molar-refractivity contribution is 5.69. The van der Waals surface area contributed by atoms with Gasteiger partial charge in [0, 0.05) is 0 Å². The molecule has 1 aliphatic rings. The first-order valence-corrected chi connectivity index (χ1v) is 3.47. The van der Waals surface area contributed by atoms with Crippen LogP contribution in [0.15, 0.2) is 0 Å². The summed E-state index contributed by atoms with van der Waals surface area (Å²) in [6, 6.07) is 0. The maximum atomic E-state index is 10.5. The quantitative estimate of drug-likeness (QED) is 0.578. The zero-order chi connectivity index (χ0) is 7.40. The average molecular weight is 144 g/mol. The highest BCUT2D eigenvalue weighted by Crippen LogP contribution is 2.05. The Balaban J connectivity index is 2.12. The molecule has 0 spiro atoms. The average Bonchev–Trinajstić information content (AvgIpc) is 2.31. The van der Waals surface area contributed by atoms with Crippen LogP contribution in [0.4, 0.5) is 4.79 Å². The second-order valence-corrected chi connectivity index (χ2v) is 2.34. The third-order valence-electron chi connectivity index (χ3n) is 1.48. The van der Waals surface area contributed by atoms with Crippen LogP contribution in [0.3, 0.4) is 0 Å². The van der Waals surface area contributed by atoms with Crippen LogP contribution in [0.1, 0.15) is 12.8 Å². The molecule has 1 heterocycles. The van der Waals surface area contributed by atoms with Gasteiger partial charge in [0.25, 0.3) is 0 Å². The number of cyclic esters (lactones) is 1. The zero-order valence-corrected chi connectivity index (χ0v) is 5.80. The lowest BCUT2D eigenvalue weighted by Crippen LogP contribution is -2.15. The number of nitrogens with two attached hydrogens (primary N) is 1. The molecule has 3 N–H and O–H groups in total. The molecule has 0 aromatic rings. The molecule has 1 aliphatic heterocycles. The van der Waals surface area contributed by atoms with E-state index in [0.717, 1.165) is 12.8 Å². The second-order valence-electron chi connectivity index (χ2n) is 2.34. The molecule has 4 nitrogen and oxygen atoms in total. The Hall–Kier alpha value is -0.770. The highest BCUT2D eigenvalue weighted by atomic mass is 16.6. The molecular formula is C6H12N2O2. The Morgan fingerprint density at radius 2 is 2.60 bits per heavy atom. The molecule has 0 saturated carbocycles. The lowest BCUT2D eigenvalue weighted by atomic mass is 10.2. The number of amides is 1. The molecule has 10 heavy (non-hydrogen) atoms. The van der Waals surface area contributed by atoms with E-state index in [0.29, 0.717) is 13.1 Å². The SMILES string of the molecule is NCCC[C@@H]1CNC(=O)O1. The Kier molecular flexibility index (Phi) is 2.50. The van der Waals surface area contributed by atoms with Gasteiger partial charge in [-0.15, -0.1) is 0 Å². The van der Waals surface area contributed by atoms with E-state index in [1.807, 2.05) is 0 Å². The summed E-state index contributed by atoms with van der Waals surface area (Å²) in [6.45, 7) is 1.30. The zero-order valence-electron chi connectivity index (χ0n) is 5.80. The van der Waals surface area contributed by atoms with E-state index < -0.39 is 0 Å². The summed E-state index contributed by atoms with van der Waals surface area (Å²) in [7, 11) is 0. The summed E-state index contributed by atoms with van der Waals surface area (Å²) >= 11 is 0. The van der Waals surface area contributed by atoms with Crippen LogP contribution in [0.5, 0.6) is 0 Å². The van der Waals surface area contributed by atoms with Crippen LogP contribution in [-0.2, 0) is 4.74 Å². The number of alkyl carbamates (subject to hydrolysis) is 1. The van der Waals surface area contributed by atoms with Crippen molar-refractivity contribution < 1.29 is 9.53 Å². The molecule has 0 aromatic carbocycles. The minimum Gasteiger partial charge on any atom is -0.444 e. The maximum absolute atomic E-state index is 10.5. The van der Waals surface area contributed by atoms with Gasteiger partial charge in [0.15, 0.2) is 0 Å². The van der Waals surface area contributed by atoms with Gasteiger partial charge < -0.3 is 15.8 Å². The van der Waals surface area contributed by atoms with Gasteiger partial charge in [0.1, 0.15) is 6.10 Å². The molecule has 0 aromatic heterocycles. The number of carbonyl (C=O) groups excluding carboxylic acids is 1. The predicted molar refractivity (Wildman–Crippen MR) is 36.6 cm³/mol. The van der Waals surface area contributed by atoms with Crippen molar-refractivity contribution in [3.8, 4) is 0 Å². The Morgan fingerprint density at radius 1 is 1.80 bits per heavy atom. The third-order valence-corrected chi connectivity index (χ3v) is 1.48. The normalized spacial score (nSPS) is 24.1. The molecule has 1 atom stereocenters.